The largest absolute Gasteiger partial charge is 0.460 e. The number of furan rings is 1. The number of esters is 1. The van der Waals surface area contributed by atoms with Crippen LogP contribution in [0.1, 0.15) is 42.5 Å². The topological polar surface area (TPSA) is 85.6 Å². The van der Waals surface area contributed by atoms with Crippen LogP contribution in [0.15, 0.2) is 51.8 Å². The molecule has 0 bridgehead atoms. The van der Waals surface area contributed by atoms with Gasteiger partial charge in [0.05, 0.1) is 11.0 Å². The summed E-state index contributed by atoms with van der Waals surface area (Å²) in [7, 11) is -3.75. The van der Waals surface area contributed by atoms with Gasteiger partial charge in [-0.15, -0.1) is 0 Å². The second-order valence-corrected chi connectivity index (χ2v) is 8.48. The third kappa shape index (κ3) is 4.04. The zero-order chi connectivity index (χ0) is 20.5. The molecule has 0 unspecified atom stereocenters. The molecular weight excluding hydrogens is 378 g/mol. The minimum absolute atomic E-state index is 0.174. The van der Waals surface area contributed by atoms with Gasteiger partial charge in [-0.25, -0.2) is 13.2 Å². The first-order valence-electron chi connectivity index (χ1n) is 9.07. The van der Waals surface area contributed by atoms with Gasteiger partial charge in [0.25, 0.3) is 10.0 Å². The van der Waals surface area contributed by atoms with Gasteiger partial charge < -0.3 is 9.15 Å². The summed E-state index contributed by atoms with van der Waals surface area (Å²) in [6, 6.07) is 11.5. The number of carbonyl (C=O) groups excluding carboxylic acids is 1. The number of benzene rings is 2. The molecule has 0 aliphatic heterocycles. The molecule has 0 aliphatic carbocycles. The molecule has 6 nitrogen and oxygen atoms in total. The number of hydrogen-bond acceptors (Lipinski definition) is 5. The summed E-state index contributed by atoms with van der Waals surface area (Å²) in [6.07, 6.45) is 0.559. The molecule has 7 heteroatoms. The Labute approximate surface area is 164 Å². The molecule has 1 N–H and O–H groups in total. The highest BCUT2D eigenvalue weighted by molar-refractivity contribution is 7.92. The lowest BCUT2D eigenvalue weighted by Gasteiger charge is -2.10. The first-order valence-corrected chi connectivity index (χ1v) is 10.6. The first kappa shape index (κ1) is 19.9. The fourth-order valence-electron chi connectivity index (χ4n) is 2.93. The fourth-order valence-corrected chi connectivity index (χ4v) is 3.98. The number of anilines is 1. The van der Waals surface area contributed by atoms with Crippen molar-refractivity contribution in [1.29, 1.82) is 0 Å². The normalized spacial score (nSPS) is 11.8. The average molecular weight is 401 g/mol. The van der Waals surface area contributed by atoms with Gasteiger partial charge in [0.15, 0.2) is 0 Å². The van der Waals surface area contributed by atoms with Crippen molar-refractivity contribution in [2.24, 2.45) is 0 Å². The number of fused-ring (bicyclic) bond motifs is 1. The Morgan fingerprint density at radius 1 is 1.14 bits per heavy atom. The molecule has 3 rings (SSSR count). The van der Waals surface area contributed by atoms with Crippen LogP contribution in [0.3, 0.4) is 0 Å². The third-order valence-corrected chi connectivity index (χ3v) is 5.70. The highest BCUT2D eigenvalue weighted by Gasteiger charge is 2.22. The Morgan fingerprint density at radius 3 is 2.43 bits per heavy atom. The summed E-state index contributed by atoms with van der Waals surface area (Å²) in [6.45, 7) is 7.21. The Kier molecular flexibility index (Phi) is 5.47. The summed E-state index contributed by atoms with van der Waals surface area (Å²) >= 11 is 0. The van der Waals surface area contributed by atoms with E-state index in [0.717, 1.165) is 12.0 Å². The summed E-state index contributed by atoms with van der Waals surface area (Å²) in [5, 5.41) is 0.504. The van der Waals surface area contributed by atoms with E-state index in [0.29, 0.717) is 28.0 Å². The summed E-state index contributed by atoms with van der Waals surface area (Å²) in [5.41, 5.74) is 2.19. The van der Waals surface area contributed by atoms with Crippen molar-refractivity contribution < 1.29 is 22.4 Å². The van der Waals surface area contributed by atoms with E-state index in [1.807, 2.05) is 6.92 Å². The van der Waals surface area contributed by atoms with E-state index in [4.69, 9.17) is 9.15 Å². The molecule has 148 valence electrons. The molecule has 0 atom stereocenters. The molecular formula is C21H23NO5S. The monoisotopic (exact) mass is 401 g/mol. The number of sulfonamides is 1. The van der Waals surface area contributed by atoms with Crippen LogP contribution in [-0.4, -0.2) is 20.5 Å². The van der Waals surface area contributed by atoms with Crippen LogP contribution in [0.25, 0.3) is 11.0 Å². The highest BCUT2D eigenvalue weighted by atomic mass is 32.2. The van der Waals surface area contributed by atoms with Crippen LogP contribution in [0.4, 0.5) is 5.69 Å². The van der Waals surface area contributed by atoms with Gasteiger partial charge in [-0.05, 0) is 63.1 Å². The lowest BCUT2D eigenvalue weighted by Crippen LogP contribution is -2.13. The van der Waals surface area contributed by atoms with Crippen LogP contribution in [-0.2, 0) is 21.2 Å². The fraction of sp³-hybridized carbons (Fsp3) is 0.286. The molecule has 28 heavy (non-hydrogen) atoms. The molecule has 1 heterocycles. The average Bonchev–Trinajstić information content (AvgIpc) is 2.96. The van der Waals surface area contributed by atoms with Crippen molar-refractivity contribution in [3.63, 3.8) is 0 Å². The smallest absolute Gasteiger partial charge is 0.342 e. The molecule has 0 spiro atoms. The number of nitrogens with one attached hydrogen (secondary N) is 1. The lowest BCUT2D eigenvalue weighted by atomic mass is 10.1. The van der Waals surface area contributed by atoms with Crippen LogP contribution in [0, 0.1) is 6.92 Å². The van der Waals surface area contributed by atoms with E-state index < -0.39 is 16.0 Å². The van der Waals surface area contributed by atoms with Gasteiger partial charge in [-0.1, -0.05) is 19.1 Å². The highest BCUT2D eigenvalue weighted by Crippen LogP contribution is 2.30. The number of carbonyl (C=O) groups is 1. The van der Waals surface area contributed by atoms with Crippen molar-refractivity contribution in [1.82, 2.24) is 0 Å². The summed E-state index contributed by atoms with van der Waals surface area (Å²) in [5.74, 6) is -0.0720. The maximum Gasteiger partial charge on any atom is 0.342 e. The van der Waals surface area contributed by atoms with Crippen LogP contribution >= 0.6 is 0 Å². The number of aryl methyl sites for hydroxylation is 2. The lowest BCUT2D eigenvalue weighted by molar-refractivity contribution is 0.0378. The van der Waals surface area contributed by atoms with E-state index in [2.05, 4.69) is 4.72 Å². The van der Waals surface area contributed by atoms with E-state index >= 15 is 0 Å². The van der Waals surface area contributed by atoms with E-state index in [1.165, 1.54) is 0 Å². The Balaban J connectivity index is 1.96. The maximum absolute atomic E-state index is 12.7. The van der Waals surface area contributed by atoms with E-state index in [9.17, 15) is 13.2 Å². The maximum atomic E-state index is 12.7. The molecule has 1 aromatic heterocycles. The van der Waals surface area contributed by atoms with E-state index in [1.54, 1.807) is 63.2 Å². The van der Waals surface area contributed by atoms with Gasteiger partial charge in [0.2, 0.25) is 0 Å². The van der Waals surface area contributed by atoms with Crippen LogP contribution in [0.5, 0.6) is 0 Å². The predicted molar refractivity (Wildman–Crippen MR) is 108 cm³/mol. The van der Waals surface area contributed by atoms with Gasteiger partial charge >= 0.3 is 5.97 Å². The van der Waals surface area contributed by atoms with Crippen molar-refractivity contribution in [3.8, 4) is 0 Å². The first-order chi connectivity index (χ1) is 13.2. The standard InChI is InChI=1S/C21H23NO5S/c1-5-15-6-9-17(10-7-15)28(24,25)22-16-8-11-19-18(12-16)20(14(4)27-19)21(23)26-13(2)3/h6-13,22H,5H2,1-4H3. The predicted octanol–water partition coefficient (Wildman–Crippen LogP) is 4.67. The van der Waals surface area contributed by atoms with Crippen molar-refractivity contribution in [3.05, 3.63) is 59.4 Å². The second kappa shape index (κ2) is 7.67. The van der Waals surface area contributed by atoms with Crippen LogP contribution < -0.4 is 4.72 Å². The van der Waals surface area contributed by atoms with Gasteiger partial charge in [0, 0.05) is 11.1 Å². The minimum Gasteiger partial charge on any atom is -0.460 e. The molecule has 3 aromatic rings. The SMILES string of the molecule is CCc1ccc(S(=O)(=O)Nc2ccc3oc(C)c(C(=O)OC(C)C)c3c2)cc1. The zero-order valence-corrected chi connectivity index (χ0v) is 17.1. The molecule has 2 aromatic carbocycles. The molecule has 0 saturated heterocycles. The molecule has 0 saturated carbocycles. The Bertz CT molecular complexity index is 1110. The number of ether oxygens (including phenoxy) is 1. The van der Waals surface area contributed by atoms with Gasteiger partial charge in [0.1, 0.15) is 16.9 Å². The zero-order valence-electron chi connectivity index (χ0n) is 16.3. The number of hydrogen-bond donors (Lipinski definition) is 1. The van der Waals surface area contributed by atoms with Crippen molar-refractivity contribution in [2.45, 2.75) is 45.1 Å². The number of rotatable bonds is 6. The second-order valence-electron chi connectivity index (χ2n) is 6.80. The van der Waals surface area contributed by atoms with Gasteiger partial charge in [-0.2, -0.15) is 0 Å². The Morgan fingerprint density at radius 2 is 1.82 bits per heavy atom. The molecule has 0 radical (unpaired) electrons. The van der Waals surface area contributed by atoms with E-state index in [-0.39, 0.29) is 11.0 Å². The molecule has 0 amide bonds. The minimum atomic E-state index is -3.75. The molecule has 0 aliphatic rings. The van der Waals surface area contributed by atoms with Crippen molar-refractivity contribution in [2.75, 3.05) is 4.72 Å². The quantitative estimate of drug-likeness (QED) is 0.607. The van der Waals surface area contributed by atoms with Crippen molar-refractivity contribution >= 4 is 32.6 Å². The Hall–Kier alpha value is -2.80. The third-order valence-electron chi connectivity index (χ3n) is 4.30. The molecule has 0 fully saturated rings. The summed E-state index contributed by atoms with van der Waals surface area (Å²) < 4.78 is 38.8. The summed E-state index contributed by atoms with van der Waals surface area (Å²) in [4.78, 5) is 12.6. The van der Waals surface area contributed by atoms with Gasteiger partial charge in [-0.3, -0.25) is 4.72 Å². The van der Waals surface area contributed by atoms with Crippen LogP contribution in [0.2, 0.25) is 0 Å².